The summed E-state index contributed by atoms with van der Waals surface area (Å²) in [6.07, 6.45) is 4.20. The zero-order valence-corrected chi connectivity index (χ0v) is 11.7. The lowest BCUT2D eigenvalue weighted by molar-refractivity contribution is 0.0127. The molecule has 4 nitrogen and oxygen atoms in total. The second kappa shape index (κ2) is 5.08. The fourth-order valence-electron chi connectivity index (χ4n) is 2.89. The number of nitrogens with zero attached hydrogens (tertiary/aromatic N) is 1. The summed E-state index contributed by atoms with van der Waals surface area (Å²) in [5, 5.41) is 9.55. The minimum atomic E-state index is -0.446. The third kappa shape index (κ3) is 3.16. The molecule has 0 radical (unpaired) electrons. The zero-order valence-electron chi connectivity index (χ0n) is 11.7. The molecular weight excluding hydrogens is 230 g/mol. The van der Waals surface area contributed by atoms with Gasteiger partial charge < -0.3 is 14.7 Å². The van der Waals surface area contributed by atoms with Crippen molar-refractivity contribution in [3.63, 3.8) is 0 Å². The van der Waals surface area contributed by atoms with Crippen LogP contribution in [-0.2, 0) is 4.74 Å². The molecule has 1 amide bonds. The van der Waals surface area contributed by atoms with E-state index in [0.717, 1.165) is 19.4 Å². The van der Waals surface area contributed by atoms with Crippen LogP contribution in [0.2, 0.25) is 0 Å². The van der Waals surface area contributed by atoms with Gasteiger partial charge in [-0.05, 0) is 52.4 Å². The molecule has 1 saturated carbocycles. The summed E-state index contributed by atoms with van der Waals surface area (Å²) in [4.78, 5) is 14.0. The van der Waals surface area contributed by atoms with Gasteiger partial charge >= 0.3 is 6.09 Å². The van der Waals surface area contributed by atoms with Gasteiger partial charge in [0.15, 0.2) is 0 Å². The summed E-state index contributed by atoms with van der Waals surface area (Å²) >= 11 is 0. The highest BCUT2D eigenvalue weighted by atomic mass is 16.6. The number of aliphatic hydroxyl groups excluding tert-OH is 1. The molecule has 1 aliphatic heterocycles. The van der Waals surface area contributed by atoms with Crippen LogP contribution in [-0.4, -0.2) is 40.9 Å². The lowest BCUT2D eigenvalue weighted by atomic mass is 9.93. The van der Waals surface area contributed by atoms with Crippen molar-refractivity contribution < 1.29 is 14.6 Å². The molecule has 0 spiro atoms. The maximum atomic E-state index is 12.2. The first kappa shape index (κ1) is 13.7. The van der Waals surface area contributed by atoms with E-state index >= 15 is 0 Å². The van der Waals surface area contributed by atoms with E-state index in [0.29, 0.717) is 5.92 Å². The normalized spacial score (nSPS) is 26.2. The van der Waals surface area contributed by atoms with Crippen molar-refractivity contribution in [3.05, 3.63) is 0 Å². The standard InChI is InChI=1S/C14H25NO3/c1-14(2,3)18-13(17)15-8-4-5-12(15)11(9-16)10-6-7-10/h10-12,16H,4-9H2,1-3H3. The van der Waals surface area contributed by atoms with E-state index in [9.17, 15) is 9.90 Å². The van der Waals surface area contributed by atoms with E-state index in [-0.39, 0.29) is 24.7 Å². The van der Waals surface area contributed by atoms with Crippen molar-refractivity contribution in [2.75, 3.05) is 13.2 Å². The largest absolute Gasteiger partial charge is 0.444 e. The molecule has 104 valence electrons. The molecule has 1 N–H and O–H groups in total. The van der Waals surface area contributed by atoms with E-state index < -0.39 is 5.60 Å². The van der Waals surface area contributed by atoms with Crippen LogP contribution in [0.4, 0.5) is 4.79 Å². The van der Waals surface area contributed by atoms with Crippen LogP contribution in [0.25, 0.3) is 0 Å². The van der Waals surface area contributed by atoms with Crippen LogP contribution in [0.3, 0.4) is 0 Å². The second-order valence-electron chi connectivity index (χ2n) is 6.57. The van der Waals surface area contributed by atoms with E-state index in [1.807, 2.05) is 25.7 Å². The molecular formula is C14H25NO3. The average Bonchev–Trinajstić information content (AvgIpc) is 2.94. The Labute approximate surface area is 109 Å². The van der Waals surface area contributed by atoms with Gasteiger partial charge in [0.05, 0.1) is 0 Å². The summed E-state index contributed by atoms with van der Waals surface area (Å²) in [7, 11) is 0. The Kier molecular flexibility index (Phi) is 3.85. The van der Waals surface area contributed by atoms with Crippen molar-refractivity contribution in [3.8, 4) is 0 Å². The molecule has 1 saturated heterocycles. The first-order chi connectivity index (χ1) is 8.42. The van der Waals surface area contributed by atoms with Gasteiger partial charge in [-0.15, -0.1) is 0 Å². The third-order valence-corrected chi connectivity index (χ3v) is 3.86. The van der Waals surface area contributed by atoms with Crippen LogP contribution in [0.15, 0.2) is 0 Å². The molecule has 2 fully saturated rings. The van der Waals surface area contributed by atoms with Gasteiger partial charge in [0.25, 0.3) is 0 Å². The topological polar surface area (TPSA) is 49.8 Å². The predicted molar refractivity (Wildman–Crippen MR) is 69.3 cm³/mol. The Hall–Kier alpha value is -0.770. The number of hydrogen-bond donors (Lipinski definition) is 1. The van der Waals surface area contributed by atoms with Crippen molar-refractivity contribution in [1.82, 2.24) is 4.90 Å². The van der Waals surface area contributed by atoms with Crippen LogP contribution in [0.5, 0.6) is 0 Å². The predicted octanol–water partition coefficient (Wildman–Crippen LogP) is 2.40. The summed E-state index contributed by atoms with van der Waals surface area (Å²) in [5.41, 5.74) is -0.446. The Morgan fingerprint density at radius 1 is 1.39 bits per heavy atom. The molecule has 2 aliphatic rings. The Bertz CT molecular complexity index is 307. The van der Waals surface area contributed by atoms with Crippen LogP contribution < -0.4 is 0 Å². The first-order valence-corrected chi connectivity index (χ1v) is 7.03. The van der Waals surface area contributed by atoms with Crippen LogP contribution >= 0.6 is 0 Å². The molecule has 0 aromatic heterocycles. The Balaban J connectivity index is 2.00. The molecule has 0 aromatic carbocycles. The number of ether oxygens (including phenoxy) is 1. The van der Waals surface area contributed by atoms with Crippen molar-refractivity contribution in [2.24, 2.45) is 11.8 Å². The smallest absolute Gasteiger partial charge is 0.410 e. The van der Waals surface area contributed by atoms with E-state index in [2.05, 4.69) is 0 Å². The quantitative estimate of drug-likeness (QED) is 0.842. The van der Waals surface area contributed by atoms with Crippen molar-refractivity contribution in [1.29, 1.82) is 0 Å². The molecule has 4 heteroatoms. The molecule has 0 bridgehead atoms. The SMILES string of the molecule is CC(C)(C)OC(=O)N1CCCC1C(CO)C1CC1. The van der Waals surface area contributed by atoms with Crippen LogP contribution in [0, 0.1) is 11.8 Å². The van der Waals surface area contributed by atoms with E-state index in [1.165, 1.54) is 12.8 Å². The first-order valence-electron chi connectivity index (χ1n) is 7.03. The number of carbonyl (C=O) groups excluding carboxylic acids is 1. The summed E-state index contributed by atoms with van der Waals surface area (Å²) in [6.45, 7) is 6.62. The monoisotopic (exact) mass is 255 g/mol. The second-order valence-corrected chi connectivity index (χ2v) is 6.57. The highest BCUT2D eigenvalue weighted by Gasteiger charge is 2.43. The minimum absolute atomic E-state index is 0.178. The number of hydrogen-bond acceptors (Lipinski definition) is 3. The number of amides is 1. The summed E-state index contributed by atoms with van der Waals surface area (Å²) in [5.74, 6) is 0.864. The summed E-state index contributed by atoms with van der Waals surface area (Å²) in [6, 6.07) is 0.178. The lowest BCUT2D eigenvalue weighted by Crippen LogP contribution is -2.44. The lowest BCUT2D eigenvalue weighted by Gasteiger charge is -2.32. The third-order valence-electron chi connectivity index (χ3n) is 3.86. The molecule has 1 heterocycles. The van der Waals surface area contributed by atoms with Gasteiger partial charge in [0.2, 0.25) is 0 Å². The number of likely N-dealkylation sites (tertiary alicyclic amines) is 1. The molecule has 2 atom stereocenters. The van der Waals surface area contributed by atoms with Gasteiger partial charge in [-0.1, -0.05) is 0 Å². The molecule has 2 rings (SSSR count). The van der Waals surface area contributed by atoms with Gasteiger partial charge in [-0.2, -0.15) is 0 Å². The molecule has 2 unspecified atom stereocenters. The zero-order chi connectivity index (χ0) is 13.3. The molecule has 18 heavy (non-hydrogen) atoms. The van der Waals surface area contributed by atoms with Gasteiger partial charge in [-0.25, -0.2) is 4.79 Å². The maximum Gasteiger partial charge on any atom is 0.410 e. The van der Waals surface area contributed by atoms with E-state index in [4.69, 9.17) is 4.74 Å². The number of aliphatic hydroxyl groups is 1. The molecule has 0 aromatic rings. The van der Waals surface area contributed by atoms with Gasteiger partial charge in [0, 0.05) is 25.1 Å². The maximum absolute atomic E-state index is 12.2. The van der Waals surface area contributed by atoms with Crippen molar-refractivity contribution in [2.45, 2.75) is 58.1 Å². The average molecular weight is 255 g/mol. The fraction of sp³-hybridized carbons (Fsp3) is 0.929. The highest BCUT2D eigenvalue weighted by Crippen LogP contribution is 2.42. The number of rotatable bonds is 3. The summed E-state index contributed by atoms with van der Waals surface area (Å²) < 4.78 is 5.45. The minimum Gasteiger partial charge on any atom is -0.444 e. The Morgan fingerprint density at radius 3 is 2.56 bits per heavy atom. The number of carbonyl (C=O) groups is 1. The Morgan fingerprint density at radius 2 is 2.06 bits per heavy atom. The van der Waals surface area contributed by atoms with Crippen molar-refractivity contribution >= 4 is 6.09 Å². The fourth-order valence-corrected chi connectivity index (χ4v) is 2.89. The van der Waals surface area contributed by atoms with E-state index in [1.54, 1.807) is 0 Å². The van der Waals surface area contributed by atoms with Gasteiger partial charge in [-0.3, -0.25) is 0 Å². The van der Waals surface area contributed by atoms with Gasteiger partial charge in [0.1, 0.15) is 5.60 Å². The molecule has 1 aliphatic carbocycles. The van der Waals surface area contributed by atoms with Crippen LogP contribution in [0.1, 0.15) is 46.5 Å². The highest BCUT2D eigenvalue weighted by molar-refractivity contribution is 5.69.